The van der Waals surface area contributed by atoms with Gasteiger partial charge in [0.05, 0.1) is 5.56 Å². The van der Waals surface area contributed by atoms with Crippen molar-refractivity contribution < 1.29 is 9.90 Å². The SMILES string of the molecule is CCCCCCCCCCCCCCCC(=O)c1ccccc1O. The number of hydrogen-bond donors (Lipinski definition) is 1. The van der Waals surface area contributed by atoms with Gasteiger partial charge in [0.25, 0.3) is 0 Å². The Morgan fingerprint density at radius 2 is 1.21 bits per heavy atom. The minimum atomic E-state index is 0.0659. The van der Waals surface area contributed by atoms with E-state index < -0.39 is 0 Å². The lowest BCUT2D eigenvalue weighted by Crippen LogP contribution is -1.99. The van der Waals surface area contributed by atoms with Gasteiger partial charge in [-0.3, -0.25) is 4.79 Å². The van der Waals surface area contributed by atoms with Gasteiger partial charge in [-0.2, -0.15) is 0 Å². The number of Topliss-reactive ketones (excluding diaryl/α,β-unsaturated/α-hetero) is 1. The zero-order valence-corrected chi connectivity index (χ0v) is 15.6. The molecule has 24 heavy (non-hydrogen) atoms. The molecule has 0 aromatic heterocycles. The van der Waals surface area contributed by atoms with Crippen molar-refractivity contribution in [3.63, 3.8) is 0 Å². The van der Waals surface area contributed by atoms with E-state index in [1.165, 1.54) is 70.6 Å². The second kappa shape index (κ2) is 14.1. The van der Waals surface area contributed by atoms with Crippen LogP contribution in [0.15, 0.2) is 24.3 Å². The van der Waals surface area contributed by atoms with Crippen molar-refractivity contribution in [2.24, 2.45) is 0 Å². The Bertz CT molecular complexity index is 439. The number of aromatic hydroxyl groups is 1. The predicted molar refractivity (Wildman–Crippen MR) is 103 cm³/mol. The topological polar surface area (TPSA) is 37.3 Å². The first kappa shape index (κ1) is 20.7. The summed E-state index contributed by atoms with van der Waals surface area (Å²) in [5.74, 6) is 0.174. The number of carbonyl (C=O) groups is 1. The average molecular weight is 333 g/mol. The maximum absolute atomic E-state index is 12.0. The molecule has 2 heteroatoms. The fourth-order valence-electron chi connectivity index (χ4n) is 3.15. The van der Waals surface area contributed by atoms with Gasteiger partial charge in [0.2, 0.25) is 0 Å². The van der Waals surface area contributed by atoms with Crippen LogP contribution in [-0.4, -0.2) is 10.9 Å². The van der Waals surface area contributed by atoms with E-state index in [1.807, 2.05) is 0 Å². The van der Waals surface area contributed by atoms with Crippen molar-refractivity contribution >= 4 is 5.78 Å². The van der Waals surface area contributed by atoms with Crippen LogP contribution in [0.25, 0.3) is 0 Å². The van der Waals surface area contributed by atoms with Crippen LogP contribution in [0.4, 0.5) is 0 Å². The largest absolute Gasteiger partial charge is 0.507 e. The predicted octanol–water partition coefficient (Wildman–Crippen LogP) is 7.06. The fraction of sp³-hybridized carbons (Fsp3) is 0.682. The zero-order chi connectivity index (χ0) is 17.5. The van der Waals surface area contributed by atoms with E-state index >= 15 is 0 Å². The van der Waals surface area contributed by atoms with Crippen LogP contribution < -0.4 is 0 Å². The Morgan fingerprint density at radius 1 is 0.750 bits per heavy atom. The van der Waals surface area contributed by atoms with Crippen molar-refractivity contribution in [2.45, 2.75) is 96.8 Å². The van der Waals surface area contributed by atoms with Crippen LogP contribution in [-0.2, 0) is 0 Å². The number of rotatable bonds is 15. The van der Waals surface area contributed by atoms with Gasteiger partial charge in [0.1, 0.15) is 5.75 Å². The van der Waals surface area contributed by atoms with E-state index in [0.29, 0.717) is 12.0 Å². The Morgan fingerprint density at radius 3 is 1.71 bits per heavy atom. The Hall–Kier alpha value is -1.31. The van der Waals surface area contributed by atoms with Gasteiger partial charge in [-0.1, -0.05) is 96.1 Å². The number of ketones is 1. The van der Waals surface area contributed by atoms with Gasteiger partial charge < -0.3 is 5.11 Å². The Balaban J connectivity index is 1.89. The van der Waals surface area contributed by atoms with E-state index in [9.17, 15) is 9.90 Å². The molecule has 0 unspecified atom stereocenters. The summed E-state index contributed by atoms with van der Waals surface area (Å²) in [6.07, 6.45) is 17.6. The second-order valence-corrected chi connectivity index (χ2v) is 6.93. The number of benzene rings is 1. The summed E-state index contributed by atoms with van der Waals surface area (Å²) < 4.78 is 0. The van der Waals surface area contributed by atoms with Crippen molar-refractivity contribution in [1.82, 2.24) is 0 Å². The number of carbonyl (C=O) groups excluding carboxylic acids is 1. The third-order valence-electron chi connectivity index (χ3n) is 4.71. The quantitative estimate of drug-likeness (QED) is 0.276. The summed E-state index contributed by atoms with van der Waals surface area (Å²) in [6.45, 7) is 2.27. The smallest absolute Gasteiger partial charge is 0.166 e. The zero-order valence-electron chi connectivity index (χ0n) is 15.6. The molecule has 0 aliphatic carbocycles. The van der Waals surface area contributed by atoms with Crippen LogP contribution in [0.2, 0.25) is 0 Å². The van der Waals surface area contributed by atoms with Crippen LogP contribution in [0.5, 0.6) is 5.75 Å². The first-order valence-corrected chi connectivity index (χ1v) is 10.1. The molecular weight excluding hydrogens is 296 g/mol. The van der Waals surface area contributed by atoms with Crippen LogP contribution in [0.1, 0.15) is 107 Å². The van der Waals surface area contributed by atoms with Crippen molar-refractivity contribution in [3.05, 3.63) is 29.8 Å². The lowest BCUT2D eigenvalue weighted by Gasteiger charge is -2.04. The minimum Gasteiger partial charge on any atom is -0.507 e. The molecule has 1 N–H and O–H groups in total. The fourth-order valence-corrected chi connectivity index (χ4v) is 3.15. The number of phenolic OH excluding ortho intramolecular Hbond substituents is 1. The highest BCUT2D eigenvalue weighted by Crippen LogP contribution is 2.19. The molecule has 0 aliphatic heterocycles. The van der Waals surface area contributed by atoms with Crippen molar-refractivity contribution in [3.8, 4) is 5.75 Å². The van der Waals surface area contributed by atoms with Crippen molar-refractivity contribution in [1.29, 1.82) is 0 Å². The monoisotopic (exact) mass is 332 g/mol. The van der Waals surface area contributed by atoms with Gasteiger partial charge in [-0.05, 0) is 18.6 Å². The highest BCUT2D eigenvalue weighted by atomic mass is 16.3. The number of unbranched alkanes of at least 4 members (excludes halogenated alkanes) is 12. The first-order chi connectivity index (χ1) is 11.8. The van der Waals surface area contributed by atoms with Gasteiger partial charge in [-0.25, -0.2) is 0 Å². The standard InChI is InChI=1S/C22H36O2/c1-2-3-4-5-6-7-8-9-10-11-12-13-14-18-21(23)20-17-15-16-19-22(20)24/h15-17,19,24H,2-14,18H2,1H3. The van der Waals surface area contributed by atoms with Crippen molar-refractivity contribution in [2.75, 3.05) is 0 Å². The molecule has 2 nitrogen and oxygen atoms in total. The molecule has 0 aliphatic rings. The molecule has 1 aromatic carbocycles. The summed E-state index contributed by atoms with van der Waals surface area (Å²) in [6, 6.07) is 6.84. The van der Waals surface area contributed by atoms with Crippen LogP contribution in [0.3, 0.4) is 0 Å². The molecule has 0 amide bonds. The Kier molecular flexibility index (Phi) is 12.2. The second-order valence-electron chi connectivity index (χ2n) is 6.93. The van der Waals surface area contributed by atoms with E-state index in [1.54, 1.807) is 24.3 Å². The van der Waals surface area contributed by atoms with E-state index in [-0.39, 0.29) is 11.5 Å². The number of para-hydroxylation sites is 1. The van der Waals surface area contributed by atoms with Crippen LogP contribution >= 0.6 is 0 Å². The third kappa shape index (κ3) is 9.75. The van der Waals surface area contributed by atoms with Gasteiger partial charge in [0, 0.05) is 6.42 Å². The molecule has 0 spiro atoms. The lowest BCUT2D eigenvalue weighted by atomic mass is 10.0. The number of phenols is 1. The van der Waals surface area contributed by atoms with Gasteiger partial charge >= 0.3 is 0 Å². The molecule has 1 rings (SSSR count). The maximum atomic E-state index is 12.0. The highest BCUT2D eigenvalue weighted by Gasteiger charge is 2.09. The molecule has 1 aromatic rings. The lowest BCUT2D eigenvalue weighted by molar-refractivity contribution is 0.0976. The Labute approximate surface area is 148 Å². The van der Waals surface area contributed by atoms with Crippen LogP contribution in [0, 0.1) is 0 Å². The number of hydrogen-bond acceptors (Lipinski definition) is 2. The molecule has 0 atom stereocenters. The molecule has 0 bridgehead atoms. The highest BCUT2D eigenvalue weighted by molar-refractivity contribution is 5.98. The molecule has 136 valence electrons. The third-order valence-corrected chi connectivity index (χ3v) is 4.71. The summed E-state index contributed by atoms with van der Waals surface area (Å²) >= 11 is 0. The van der Waals surface area contributed by atoms with E-state index in [2.05, 4.69) is 6.92 Å². The van der Waals surface area contributed by atoms with Gasteiger partial charge in [0.15, 0.2) is 5.78 Å². The first-order valence-electron chi connectivity index (χ1n) is 10.1. The molecular formula is C22H36O2. The molecule has 0 saturated heterocycles. The normalized spacial score (nSPS) is 10.9. The van der Waals surface area contributed by atoms with E-state index in [0.717, 1.165) is 12.8 Å². The average Bonchev–Trinajstić information content (AvgIpc) is 2.59. The van der Waals surface area contributed by atoms with Gasteiger partial charge in [-0.15, -0.1) is 0 Å². The molecule has 0 saturated carbocycles. The summed E-state index contributed by atoms with van der Waals surface area (Å²) in [4.78, 5) is 12.0. The summed E-state index contributed by atoms with van der Waals surface area (Å²) in [5.41, 5.74) is 0.469. The summed E-state index contributed by atoms with van der Waals surface area (Å²) in [5, 5.41) is 9.66. The maximum Gasteiger partial charge on any atom is 0.166 e. The minimum absolute atomic E-state index is 0.0659. The molecule has 0 heterocycles. The molecule has 0 fully saturated rings. The summed E-state index contributed by atoms with van der Waals surface area (Å²) in [7, 11) is 0. The molecule has 0 radical (unpaired) electrons. The van der Waals surface area contributed by atoms with E-state index in [4.69, 9.17) is 0 Å².